The summed E-state index contributed by atoms with van der Waals surface area (Å²) < 4.78 is 66.7. The van der Waals surface area contributed by atoms with Crippen LogP contribution in [-0.4, -0.2) is 18.1 Å². The molecule has 2 N–H and O–H groups in total. The van der Waals surface area contributed by atoms with Gasteiger partial charge in [-0.3, -0.25) is 0 Å². The van der Waals surface area contributed by atoms with Crippen molar-refractivity contribution in [3.8, 4) is 0 Å². The van der Waals surface area contributed by atoms with Crippen molar-refractivity contribution < 1.29 is 31.5 Å². The molecule has 0 aliphatic heterocycles. The van der Waals surface area contributed by atoms with Crippen molar-refractivity contribution in [3.63, 3.8) is 0 Å². The highest BCUT2D eigenvalue weighted by Gasteiger charge is 2.39. The fraction of sp³-hybridized carbons (Fsp3) is 0.333. The van der Waals surface area contributed by atoms with Gasteiger partial charge in [-0.2, -0.15) is 13.2 Å². The van der Waals surface area contributed by atoms with Crippen molar-refractivity contribution in [2.24, 2.45) is 0 Å². The van der Waals surface area contributed by atoms with E-state index in [1.54, 1.807) is 0 Å². The molecule has 0 bridgehead atoms. The number of nitrogens with two attached hydrogens (primary N) is 1. The second-order valence-electron chi connectivity index (χ2n) is 3.14. The number of hydrogen-bond acceptors (Lipinski definition) is 4. The molecule has 0 amide bonds. The summed E-state index contributed by atoms with van der Waals surface area (Å²) in [7, 11) is 0.821. The third-order valence-corrected chi connectivity index (χ3v) is 1.98. The summed E-state index contributed by atoms with van der Waals surface area (Å²) in [6.07, 6.45) is -8.15. The van der Waals surface area contributed by atoms with E-state index in [1.807, 2.05) is 0 Å². The van der Waals surface area contributed by atoms with E-state index in [-0.39, 0.29) is 0 Å². The Hall–Kier alpha value is -1.93. The first-order valence-electron chi connectivity index (χ1n) is 4.42. The number of rotatable bonds is 2. The Morgan fingerprint density at radius 1 is 1.44 bits per heavy atom. The Balaban J connectivity index is 3.55. The summed E-state index contributed by atoms with van der Waals surface area (Å²) in [5.74, 6) is -2.61. The van der Waals surface area contributed by atoms with Gasteiger partial charge >= 0.3 is 12.1 Å². The number of methoxy groups -OCH3 is 1. The summed E-state index contributed by atoms with van der Waals surface area (Å²) in [6.45, 7) is 0. The van der Waals surface area contributed by atoms with Gasteiger partial charge in [-0.05, 0) is 6.07 Å². The molecular weight excluding hydrogens is 263 g/mol. The lowest BCUT2D eigenvalue weighted by Gasteiger charge is -2.14. The van der Waals surface area contributed by atoms with Gasteiger partial charge < -0.3 is 10.5 Å². The van der Waals surface area contributed by atoms with Crippen molar-refractivity contribution in [1.29, 1.82) is 0 Å². The zero-order valence-corrected chi connectivity index (χ0v) is 8.89. The summed E-state index contributed by atoms with van der Waals surface area (Å²) in [5, 5.41) is 0. The minimum Gasteiger partial charge on any atom is -0.465 e. The molecule has 0 saturated carbocycles. The highest BCUT2D eigenvalue weighted by Crippen LogP contribution is 2.37. The number of carbonyl (C=O) groups excluding carboxylic acids is 1. The molecule has 1 heterocycles. The maximum Gasteiger partial charge on any atom is 0.420 e. The smallest absolute Gasteiger partial charge is 0.420 e. The number of hydrogen-bond donors (Lipinski definition) is 1. The predicted molar refractivity (Wildman–Crippen MR) is 49.9 cm³/mol. The third kappa shape index (κ3) is 2.66. The lowest BCUT2D eigenvalue weighted by atomic mass is 10.1. The maximum atomic E-state index is 12.6. The lowest BCUT2D eigenvalue weighted by molar-refractivity contribution is -0.137. The van der Waals surface area contributed by atoms with E-state index in [0.29, 0.717) is 6.07 Å². The van der Waals surface area contributed by atoms with Gasteiger partial charge in [0.2, 0.25) is 0 Å². The average Bonchev–Trinajstić information content (AvgIpc) is 2.24. The molecule has 0 atom stereocenters. The van der Waals surface area contributed by atoms with Crippen LogP contribution in [0.5, 0.6) is 0 Å². The largest absolute Gasteiger partial charge is 0.465 e. The van der Waals surface area contributed by atoms with Crippen LogP contribution in [0.3, 0.4) is 0 Å². The fourth-order valence-electron chi connectivity index (χ4n) is 1.27. The van der Waals surface area contributed by atoms with Crippen LogP contribution in [0.4, 0.5) is 27.8 Å². The van der Waals surface area contributed by atoms with Crippen molar-refractivity contribution in [2.75, 3.05) is 12.8 Å². The molecule has 9 heteroatoms. The van der Waals surface area contributed by atoms with Gasteiger partial charge in [0.05, 0.1) is 12.7 Å². The van der Waals surface area contributed by atoms with Gasteiger partial charge in [-0.15, -0.1) is 0 Å². The van der Waals surface area contributed by atoms with E-state index in [0.717, 1.165) is 7.11 Å². The Morgan fingerprint density at radius 3 is 2.39 bits per heavy atom. The van der Waals surface area contributed by atoms with E-state index in [1.165, 1.54) is 0 Å². The molecule has 0 unspecified atom stereocenters. The van der Waals surface area contributed by atoms with Gasteiger partial charge in [0.25, 0.3) is 6.43 Å². The number of nitrogens with zero attached hydrogens (tertiary/aromatic N) is 1. The van der Waals surface area contributed by atoms with Crippen LogP contribution in [0, 0.1) is 0 Å². The fourth-order valence-corrected chi connectivity index (χ4v) is 1.27. The highest BCUT2D eigenvalue weighted by molar-refractivity contribution is 5.92. The Bertz CT molecular complexity index is 473. The quantitative estimate of drug-likeness (QED) is 0.662. The maximum absolute atomic E-state index is 12.6. The van der Waals surface area contributed by atoms with E-state index in [9.17, 15) is 26.7 Å². The number of carbonyl (C=O) groups is 1. The first-order chi connectivity index (χ1) is 8.18. The molecule has 0 aromatic carbocycles. The highest BCUT2D eigenvalue weighted by atomic mass is 19.4. The predicted octanol–water partition coefficient (Wildman–Crippen LogP) is 2.41. The Kier molecular flexibility index (Phi) is 3.73. The van der Waals surface area contributed by atoms with Crippen LogP contribution in [0.15, 0.2) is 6.07 Å². The monoisotopic (exact) mass is 270 g/mol. The molecule has 0 aliphatic rings. The van der Waals surface area contributed by atoms with Gasteiger partial charge in [-0.25, -0.2) is 18.6 Å². The minimum atomic E-state index is -5.00. The van der Waals surface area contributed by atoms with E-state index in [2.05, 4.69) is 9.72 Å². The summed E-state index contributed by atoms with van der Waals surface area (Å²) >= 11 is 0. The van der Waals surface area contributed by atoms with Crippen molar-refractivity contribution in [2.45, 2.75) is 12.6 Å². The normalized spacial score (nSPS) is 11.7. The van der Waals surface area contributed by atoms with Gasteiger partial charge in [0, 0.05) is 0 Å². The standard InChI is InChI=1S/C9H7F5N2O2/c1-18-8(17)3-2-4(6(10)11)16-7(15)5(3)9(12,13)14/h2,6H,1H3,(H2,15,16). The number of aromatic nitrogens is 1. The Morgan fingerprint density at radius 2 is 2.00 bits per heavy atom. The van der Waals surface area contributed by atoms with E-state index in [4.69, 9.17) is 5.73 Å². The molecule has 1 rings (SSSR count). The second kappa shape index (κ2) is 4.75. The molecule has 1 aromatic rings. The summed E-state index contributed by atoms with van der Waals surface area (Å²) in [4.78, 5) is 14.1. The average molecular weight is 270 g/mol. The summed E-state index contributed by atoms with van der Waals surface area (Å²) in [6, 6.07) is 0.315. The minimum absolute atomic E-state index is 0.315. The molecular formula is C9H7F5N2O2. The number of nitrogen functional groups attached to an aromatic ring is 1. The zero-order valence-electron chi connectivity index (χ0n) is 8.89. The molecule has 4 nitrogen and oxygen atoms in total. The molecule has 0 saturated heterocycles. The zero-order chi connectivity index (χ0) is 14.1. The number of pyridine rings is 1. The first-order valence-corrected chi connectivity index (χ1v) is 4.42. The van der Waals surface area contributed by atoms with Gasteiger partial charge in [0.15, 0.2) is 0 Å². The van der Waals surface area contributed by atoms with Crippen LogP contribution in [0.2, 0.25) is 0 Å². The molecule has 18 heavy (non-hydrogen) atoms. The van der Waals surface area contributed by atoms with Crippen molar-refractivity contribution >= 4 is 11.8 Å². The van der Waals surface area contributed by atoms with Crippen LogP contribution in [0.1, 0.15) is 28.0 Å². The topological polar surface area (TPSA) is 65.2 Å². The molecule has 1 aromatic heterocycles. The number of ether oxygens (including phenoxy) is 1. The van der Waals surface area contributed by atoms with Gasteiger partial charge in [0.1, 0.15) is 17.1 Å². The second-order valence-corrected chi connectivity index (χ2v) is 3.14. The van der Waals surface area contributed by atoms with Crippen molar-refractivity contribution in [1.82, 2.24) is 4.98 Å². The van der Waals surface area contributed by atoms with Crippen LogP contribution in [0.25, 0.3) is 0 Å². The SMILES string of the molecule is COC(=O)c1cc(C(F)F)nc(N)c1C(F)(F)F. The molecule has 0 radical (unpaired) electrons. The Labute approximate surface area is 97.6 Å². The number of esters is 1. The number of halogens is 5. The van der Waals surface area contributed by atoms with Crippen molar-refractivity contribution in [3.05, 3.63) is 22.9 Å². The lowest BCUT2D eigenvalue weighted by Crippen LogP contribution is -2.19. The summed E-state index contributed by atoms with van der Waals surface area (Å²) in [5.41, 5.74) is 1.26. The van der Waals surface area contributed by atoms with Crippen LogP contribution < -0.4 is 5.73 Å². The van der Waals surface area contributed by atoms with E-state index >= 15 is 0 Å². The molecule has 0 fully saturated rings. The first kappa shape index (κ1) is 14.1. The van der Waals surface area contributed by atoms with Gasteiger partial charge in [-0.1, -0.05) is 0 Å². The van der Waals surface area contributed by atoms with E-state index < -0.39 is 41.2 Å². The molecule has 0 aliphatic carbocycles. The number of anilines is 1. The van der Waals surface area contributed by atoms with Crippen LogP contribution >= 0.6 is 0 Å². The van der Waals surface area contributed by atoms with Crippen LogP contribution in [-0.2, 0) is 10.9 Å². The molecule has 100 valence electrons. The third-order valence-electron chi connectivity index (χ3n) is 1.98. The number of alkyl halides is 5. The molecule has 0 spiro atoms.